The van der Waals surface area contributed by atoms with Crippen LogP contribution in [-0.2, 0) is 0 Å². The quantitative estimate of drug-likeness (QED) is 0.604. The predicted molar refractivity (Wildman–Crippen MR) is 102 cm³/mol. The summed E-state index contributed by atoms with van der Waals surface area (Å²) in [5, 5.41) is 7.66. The molecule has 2 fully saturated rings. The van der Waals surface area contributed by atoms with Crippen LogP contribution in [-0.4, -0.2) is 25.2 Å². The lowest BCUT2D eigenvalue weighted by Crippen LogP contribution is -2.36. The van der Waals surface area contributed by atoms with Gasteiger partial charge < -0.3 is 10.6 Å². The normalized spacial score (nSPS) is 23.1. The molecular formula is C21H42N2. The van der Waals surface area contributed by atoms with Gasteiger partial charge in [-0.2, -0.15) is 0 Å². The van der Waals surface area contributed by atoms with E-state index in [0.29, 0.717) is 5.41 Å². The molecule has 2 aliphatic carbocycles. The summed E-state index contributed by atoms with van der Waals surface area (Å²) in [6.45, 7) is 9.79. The first-order valence-corrected chi connectivity index (χ1v) is 10.5. The number of hydrogen-bond acceptors (Lipinski definition) is 2. The van der Waals surface area contributed by atoms with Crippen LogP contribution in [0.3, 0.4) is 0 Å². The van der Waals surface area contributed by atoms with Crippen LogP contribution >= 0.6 is 0 Å². The van der Waals surface area contributed by atoms with Gasteiger partial charge in [-0.15, -0.1) is 0 Å². The van der Waals surface area contributed by atoms with Crippen LogP contribution in [0, 0.1) is 11.3 Å². The largest absolute Gasteiger partial charge is 0.314 e. The van der Waals surface area contributed by atoms with Gasteiger partial charge in [0.15, 0.2) is 0 Å². The fourth-order valence-electron chi connectivity index (χ4n) is 4.71. The minimum atomic E-state index is 0.468. The Balaban J connectivity index is 1.57. The maximum Gasteiger partial charge on any atom is 0.00671 e. The molecule has 2 rings (SSSR count). The van der Waals surface area contributed by atoms with Gasteiger partial charge in [-0.05, 0) is 62.9 Å². The predicted octanol–water partition coefficient (Wildman–Crippen LogP) is 5.27. The van der Waals surface area contributed by atoms with Crippen LogP contribution in [0.1, 0.15) is 97.8 Å². The second kappa shape index (κ2) is 10.0. The highest BCUT2D eigenvalue weighted by Gasteiger charge is 2.22. The van der Waals surface area contributed by atoms with Crippen molar-refractivity contribution in [2.24, 2.45) is 11.3 Å². The zero-order chi connectivity index (χ0) is 16.5. The van der Waals surface area contributed by atoms with Gasteiger partial charge in [0.25, 0.3) is 0 Å². The SMILES string of the molecule is CC(CNC1CCCCC1)CC(C)(C)CCNC1CCCCC1. The van der Waals surface area contributed by atoms with Gasteiger partial charge in [-0.3, -0.25) is 0 Å². The molecule has 0 heterocycles. The van der Waals surface area contributed by atoms with E-state index in [0.717, 1.165) is 18.0 Å². The maximum atomic E-state index is 3.84. The molecule has 2 aliphatic rings. The molecule has 2 N–H and O–H groups in total. The summed E-state index contributed by atoms with van der Waals surface area (Å²) in [6, 6.07) is 1.62. The summed E-state index contributed by atoms with van der Waals surface area (Å²) in [6.07, 6.45) is 16.9. The molecule has 0 aromatic carbocycles. The molecule has 136 valence electrons. The van der Waals surface area contributed by atoms with Crippen molar-refractivity contribution in [3.05, 3.63) is 0 Å². The van der Waals surface area contributed by atoms with Crippen molar-refractivity contribution in [1.29, 1.82) is 0 Å². The molecule has 0 radical (unpaired) electrons. The lowest BCUT2D eigenvalue weighted by atomic mass is 9.80. The molecule has 0 bridgehead atoms. The lowest BCUT2D eigenvalue weighted by Gasteiger charge is -2.31. The second-order valence-electron chi connectivity index (χ2n) is 9.26. The summed E-state index contributed by atoms with van der Waals surface area (Å²) >= 11 is 0. The van der Waals surface area contributed by atoms with E-state index in [1.165, 1.54) is 90.1 Å². The molecule has 0 saturated heterocycles. The topological polar surface area (TPSA) is 24.1 Å². The summed E-state index contributed by atoms with van der Waals surface area (Å²) in [7, 11) is 0. The third-order valence-corrected chi connectivity index (χ3v) is 6.10. The molecule has 0 aliphatic heterocycles. The van der Waals surface area contributed by atoms with E-state index in [1.807, 2.05) is 0 Å². The highest BCUT2D eigenvalue weighted by Crippen LogP contribution is 2.29. The number of hydrogen-bond donors (Lipinski definition) is 2. The monoisotopic (exact) mass is 322 g/mol. The summed E-state index contributed by atoms with van der Waals surface area (Å²) in [4.78, 5) is 0. The summed E-state index contributed by atoms with van der Waals surface area (Å²) in [5.74, 6) is 0.793. The van der Waals surface area contributed by atoms with Crippen molar-refractivity contribution in [3.63, 3.8) is 0 Å². The van der Waals surface area contributed by atoms with Crippen LogP contribution in [0.4, 0.5) is 0 Å². The highest BCUT2D eigenvalue weighted by molar-refractivity contribution is 4.78. The van der Waals surface area contributed by atoms with E-state index >= 15 is 0 Å². The Kier molecular flexibility index (Phi) is 8.40. The maximum absolute atomic E-state index is 3.84. The van der Waals surface area contributed by atoms with E-state index in [1.54, 1.807) is 0 Å². The van der Waals surface area contributed by atoms with Gasteiger partial charge in [0, 0.05) is 12.1 Å². The summed E-state index contributed by atoms with van der Waals surface area (Å²) < 4.78 is 0. The molecular weight excluding hydrogens is 280 g/mol. The number of rotatable bonds is 9. The molecule has 1 atom stereocenters. The third kappa shape index (κ3) is 8.03. The van der Waals surface area contributed by atoms with E-state index in [4.69, 9.17) is 0 Å². The highest BCUT2D eigenvalue weighted by atomic mass is 14.9. The molecule has 2 heteroatoms. The van der Waals surface area contributed by atoms with Crippen LogP contribution in [0.2, 0.25) is 0 Å². The first-order chi connectivity index (χ1) is 11.1. The summed E-state index contributed by atoms with van der Waals surface area (Å²) in [5.41, 5.74) is 0.468. The minimum absolute atomic E-state index is 0.468. The average molecular weight is 323 g/mol. The van der Waals surface area contributed by atoms with Crippen molar-refractivity contribution >= 4 is 0 Å². The first kappa shape index (κ1) is 19.2. The molecule has 0 aromatic rings. The second-order valence-corrected chi connectivity index (χ2v) is 9.26. The zero-order valence-electron chi connectivity index (χ0n) is 16.1. The van der Waals surface area contributed by atoms with Gasteiger partial charge in [-0.1, -0.05) is 59.3 Å². The fourth-order valence-corrected chi connectivity index (χ4v) is 4.71. The molecule has 0 amide bonds. The van der Waals surface area contributed by atoms with Crippen LogP contribution < -0.4 is 10.6 Å². The van der Waals surface area contributed by atoms with Crippen LogP contribution in [0.5, 0.6) is 0 Å². The Morgan fingerprint density at radius 2 is 1.35 bits per heavy atom. The Labute approximate surface area is 145 Å². The Morgan fingerprint density at radius 3 is 1.91 bits per heavy atom. The Hall–Kier alpha value is -0.0800. The minimum Gasteiger partial charge on any atom is -0.314 e. The zero-order valence-corrected chi connectivity index (χ0v) is 16.1. The smallest absolute Gasteiger partial charge is 0.00671 e. The van der Waals surface area contributed by atoms with Crippen molar-refractivity contribution < 1.29 is 0 Å². The Morgan fingerprint density at radius 1 is 0.826 bits per heavy atom. The third-order valence-electron chi connectivity index (χ3n) is 6.10. The van der Waals surface area contributed by atoms with Gasteiger partial charge in [0.05, 0.1) is 0 Å². The fraction of sp³-hybridized carbons (Fsp3) is 1.00. The molecule has 2 nitrogen and oxygen atoms in total. The molecule has 23 heavy (non-hydrogen) atoms. The first-order valence-electron chi connectivity index (χ1n) is 10.5. The van der Waals surface area contributed by atoms with Gasteiger partial charge in [0.1, 0.15) is 0 Å². The molecule has 0 spiro atoms. The van der Waals surface area contributed by atoms with E-state index in [2.05, 4.69) is 31.4 Å². The van der Waals surface area contributed by atoms with Crippen molar-refractivity contribution in [2.75, 3.05) is 13.1 Å². The van der Waals surface area contributed by atoms with Crippen molar-refractivity contribution in [2.45, 2.75) is 110 Å². The van der Waals surface area contributed by atoms with Gasteiger partial charge in [-0.25, -0.2) is 0 Å². The average Bonchev–Trinajstić information content (AvgIpc) is 2.54. The van der Waals surface area contributed by atoms with Gasteiger partial charge in [0.2, 0.25) is 0 Å². The van der Waals surface area contributed by atoms with Crippen molar-refractivity contribution in [3.8, 4) is 0 Å². The van der Waals surface area contributed by atoms with Gasteiger partial charge >= 0.3 is 0 Å². The molecule has 0 aromatic heterocycles. The number of nitrogens with one attached hydrogen (secondary N) is 2. The standard InChI is InChI=1S/C21H42N2/c1-18(17-23-20-12-8-5-9-13-20)16-21(2,3)14-15-22-19-10-6-4-7-11-19/h18-20,22-23H,4-17H2,1-3H3. The van der Waals surface area contributed by atoms with E-state index in [9.17, 15) is 0 Å². The lowest BCUT2D eigenvalue weighted by molar-refractivity contribution is 0.234. The van der Waals surface area contributed by atoms with E-state index < -0.39 is 0 Å². The van der Waals surface area contributed by atoms with Crippen LogP contribution in [0.25, 0.3) is 0 Å². The Bertz CT molecular complexity index is 301. The van der Waals surface area contributed by atoms with Crippen molar-refractivity contribution in [1.82, 2.24) is 10.6 Å². The molecule has 1 unspecified atom stereocenters. The molecule has 2 saturated carbocycles. The van der Waals surface area contributed by atoms with Crippen LogP contribution in [0.15, 0.2) is 0 Å². The van der Waals surface area contributed by atoms with E-state index in [-0.39, 0.29) is 0 Å².